The summed E-state index contributed by atoms with van der Waals surface area (Å²) in [6.07, 6.45) is 0. The Labute approximate surface area is 171 Å². The molecule has 0 spiro atoms. The van der Waals surface area contributed by atoms with Crippen LogP contribution in [-0.4, -0.2) is 30.0 Å². The minimum Gasteiger partial charge on any atom is -0.493 e. The highest BCUT2D eigenvalue weighted by molar-refractivity contribution is 7.17. The van der Waals surface area contributed by atoms with Crippen LogP contribution in [0.2, 0.25) is 0 Å². The number of rotatable bonds is 7. The topological polar surface area (TPSA) is 104 Å². The molecule has 1 aromatic heterocycles. The quantitative estimate of drug-likeness (QED) is 0.464. The van der Waals surface area contributed by atoms with Crippen LogP contribution in [0.4, 0.5) is 5.69 Å². The maximum absolute atomic E-state index is 12.6. The van der Waals surface area contributed by atoms with Crippen molar-refractivity contribution < 1.29 is 19.2 Å². The van der Waals surface area contributed by atoms with Crippen LogP contribution < -0.4 is 14.8 Å². The van der Waals surface area contributed by atoms with Gasteiger partial charge in [-0.05, 0) is 30.7 Å². The Morgan fingerprint density at radius 3 is 2.45 bits per heavy atom. The SMILES string of the molecule is COc1ccc(-c2nc(C)c(C(=O)NCc3ccc([N+](=O)[O-])cc3)s2)cc1OC. The third kappa shape index (κ3) is 4.52. The number of nitro groups is 1. The smallest absolute Gasteiger partial charge is 0.269 e. The number of benzene rings is 2. The largest absolute Gasteiger partial charge is 0.493 e. The number of hydrogen-bond acceptors (Lipinski definition) is 7. The first-order valence-corrected chi connectivity index (χ1v) is 9.46. The van der Waals surface area contributed by atoms with Crippen LogP contribution in [0, 0.1) is 17.0 Å². The number of non-ortho nitro benzene ring substituents is 1. The number of thiazole rings is 1. The zero-order valence-corrected chi connectivity index (χ0v) is 16.9. The Bertz CT molecular complexity index is 1050. The van der Waals surface area contributed by atoms with Crippen molar-refractivity contribution in [2.45, 2.75) is 13.5 Å². The van der Waals surface area contributed by atoms with Crippen molar-refractivity contribution in [1.29, 1.82) is 0 Å². The van der Waals surface area contributed by atoms with E-state index >= 15 is 0 Å². The Hall–Kier alpha value is -3.46. The summed E-state index contributed by atoms with van der Waals surface area (Å²) in [5.41, 5.74) is 2.23. The number of carbonyl (C=O) groups is 1. The van der Waals surface area contributed by atoms with Gasteiger partial charge in [0.1, 0.15) is 9.88 Å². The maximum Gasteiger partial charge on any atom is 0.269 e. The second-order valence-electron chi connectivity index (χ2n) is 6.11. The fourth-order valence-corrected chi connectivity index (χ4v) is 3.68. The van der Waals surface area contributed by atoms with Gasteiger partial charge in [-0.2, -0.15) is 0 Å². The van der Waals surface area contributed by atoms with Crippen molar-refractivity contribution in [1.82, 2.24) is 10.3 Å². The second-order valence-corrected chi connectivity index (χ2v) is 7.11. The molecule has 1 N–H and O–H groups in total. The molecule has 1 amide bonds. The Balaban J connectivity index is 1.74. The average Bonchev–Trinajstić information content (AvgIpc) is 3.13. The van der Waals surface area contributed by atoms with E-state index in [0.29, 0.717) is 27.1 Å². The molecule has 150 valence electrons. The predicted molar refractivity (Wildman–Crippen MR) is 110 cm³/mol. The van der Waals surface area contributed by atoms with Gasteiger partial charge >= 0.3 is 0 Å². The van der Waals surface area contributed by atoms with Crippen molar-refractivity contribution in [3.05, 3.63) is 68.7 Å². The molecular weight excluding hydrogens is 394 g/mol. The summed E-state index contributed by atoms with van der Waals surface area (Å²) in [6.45, 7) is 2.04. The molecule has 0 bridgehead atoms. The van der Waals surface area contributed by atoms with Crippen LogP contribution in [-0.2, 0) is 6.54 Å². The van der Waals surface area contributed by atoms with Gasteiger partial charge in [-0.1, -0.05) is 12.1 Å². The molecule has 3 aromatic rings. The number of amides is 1. The summed E-state index contributed by atoms with van der Waals surface area (Å²) >= 11 is 1.29. The summed E-state index contributed by atoms with van der Waals surface area (Å²) in [5, 5.41) is 14.2. The van der Waals surface area contributed by atoms with Crippen LogP contribution in [0.5, 0.6) is 11.5 Å². The van der Waals surface area contributed by atoms with Gasteiger partial charge < -0.3 is 14.8 Å². The molecule has 0 saturated carbocycles. The molecule has 0 saturated heterocycles. The molecule has 9 heteroatoms. The average molecular weight is 413 g/mol. The van der Waals surface area contributed by atoms with Crippen LogP contribution in [0.15, 0.2) is 42.5 Å². The highest BCUT2D eigenvalue weighted by Crippen LogP contribution is 2.35. The number of methoxy groups -OCH3 is 2. The highest BCUT2D eigenvalue weighted by atomic mass is 32.1. The maximum atomic E-state index is 12.6. The molecule has 8 nitrogen and oxygen atoms in total. The number of nitro benzene ring substituents is 1. The van der Waals surface area contributed by atoms with Gasteiger partial charge in [-0.15, -0.1) is 11.3 Å². The van der Waals surface area contributed by atoms with E-state index < -0.39 is 4.92 Å². The minimum atomic E-state index is -0.460. The van der Waals surface area contributed by atoms with Crippen LogP contribution >= 0.6 is 11.3 Å². The van der Waals surface area contributed by atoms with E-state index in [2.05, 4.69) is 10.3 Å². The number of aromatic nitrogens is 1. The van der Waals surface area contributed by atoms with E-state index in [1.54, 1.807) is 39.3 Å². The van der Waals surface area contributed by atoms with Crippen molar-refractivity contribution in [2.75, 3.05) is 14.2 Å². The minimum absolute atomic E-state index is 0.0120. The van der Waals surface area contributed by atoms with Gasteiger partial charge in [0, 0.05) is 24.2 Å². The zero-order valence-electron chi connectivity index (χ0n) is 16.1. The van der Waals surface area contributed by atoms with Gasteiger partial charge in [0.15, 0.2) is 11.5 Å². The van der Waals surface area contributed by atoms with Crippen LogP contribution in [0.1, 0.15) is 20.9 Å². The molecule has 0 aliphatic carbocycles. The molecule has 29 heavy (non-hydrogen) atoms. The summed E-state index contributed by atoms with van der Waals surface area (Å²) in [6, 6.07) is 11.5. The van der Waals surface area contributed by atoms with E-state index in [4.69, 9.17) is 9.47 Å². The molecule has 0 unspecified atom stereocenters. The lowest BCUT2D eigenvalue weighted by molar-refractivity contribution is -0.384. The molecular formula is C20H19N3O5S. The van der Waals surface area contributed by atoms with Crippen molar-refractivity contribution in [2.24, 2.45) is 0 Å². The van der Waals surface area contributed by atoms with Gasteiger partial charge in [0.2, 0.25) is 0 Å². The standard InChI is InChI=1S/C20H19N3O5S/c1-12-18(19(24)21-11-13-4-7-15(8-5-13)23(25)26)29-20(22-12)14-6-9-16(27-2)17(10-14)28-3/h4-10H,11H2,1-3H3,(H,21,24). The molecule has 1 heterocycles. The number of nitrogens with zero attached hydrogens (tertiary/aromatic N) is 2. The molecule has 0 atom stereocenters. The predicted octanol–water partition coefficient (Wildman–Crippen LogP) is 3.97. The number of carbonyl (C=O) groups excluding carboxylic acids is 1. The summed E-state index contributed by atoms with van der Waals surface area (Å²) in [5.74, 6) is 0.956. The van der Waals surface area contributed by atoms with Crippen molar-refractivity contribution in [3.63, 3.8) is 0 Å². The van der Waals surface area contributed by atoms with E-state index in [9.17, 15) is 14.9 Å². The molecule has 0 fully saturated rings. The van der Waals surface area contributed by atoms with Gasteiger partial charge in [0.05, 0.1) is 24.8 Å². The van der Waals surface area contributed by atoms with E-state index in [1.807, 2.05) is 12.1 Å². The lowest BCUT2D eigenvalue weighted by Gasteiger charge is -2.08. The highest BCUT2D eigenvalue weighted by Gasteiger charge is 2.17. The van der Waals surface area contributed by atoms with Crippen molar-refractivity contribution in [3.8, 4) is 22.1 Å². The number of hydrogen-bond donors (Lipinski definition) is 1. The molecule has 0 aliphatic heterocycles. The first-order valence-electron chi connectivity index (χ1n) is 8.64. The normalized spacial score (nSPS) is 10.4. The van der Waals surface area contributed by atoms with Crippen molar-refractivity contribution >= 4 is 22.9 Å². The first kappa shape index (κ1) is 20.3. The summed E-state index contributed by atoms with van der Waals surface area (Å²) in [7, 11) is 3.13. The Kier molecular flexibility index (Phi) is 6.08. The van der Waals surface area contributed by atoms with Gasteiger partial charge in [-0.3, -0.25) is 14.9 Å². The number of nitrogens with one attached hydrogen (secondary N) is 1. The monoisotopic (exact) mass is 413 g/mol. The zero-order chi connectivity index (χ0) is 21.0. The fourth-order valence-electron chi connectivity index (χ4n) is 2.70. The van der Waals surface area contributed by atoms with Crippen LogP contribution in [0.25, 0.3) is 10.6 Å². The number of aryl methyl sites for hydroxylation is 1. The van der Waals surface area contributed by atoms with Crippen LogP contribution in [0.3, 0.4) is 0 Å². The summed E-state index contributed by atoms with van der Waals surface area (Å²) < 4.78 is 10.6. The second kappa shape index (κ2) is 8.70. The van der Waals surface area contributed by atoms with Gasteiger partial charge in [-0.25, -0.2) is 4.98 Å². The molecule has 0 aliphatic rings. The van der Waals surface area contributed by atoms with E-state index in [1.165, 1.54) is 23.5 Å². The lowest BCUT2D eigenvalue weighted by atomic mass is 10.2. The van der Waals surface area contributed by atoms with Gasteiger partial charge in [0.25, 0.3) is 11.6 Å². The third-order valence-corrected chi connectivity index (χ3v) is 5.44. The fraction of sp³-hybridized carbons (Fsp3) is 0.200. The summed E-state index contributed by atoms with van der Waals surface area (Å²) in [4.78, 5) is 27.9. The first-order chi connectivity index (χ1) is 13.9. The third-order valence-electron chi connectivity index (χ3n) is 4.23. The molecule has 3 rings (SSSR count). The van der Waals surface area contributed by atoms with E-state index in [-0.39, 0.29) is 18.1 Å². The molecule has 2 aromatic carbocycles. The number of ether oxygens (including phenoxy) is 2. The lowest BCUT2D eigenvalue weighted by Crippen LogP contribution is -2.22. The molecule has 0 radical (unpaired) electrons. The Morgan fingerprint density at radius 2 is 1.83 bits per heavy atom. The Morgan fingerprint density at radius 1 is 1.14 bits per heavy atom. The van der Waals surface area contributed by atoms with E-state index in [0.717, 1.165) is 11.1 Å².